The van der Waals surface area contributed by atoms with E-state index in [0.717, 1.165) is 16.5 Å². The third-order valence-electron chi connectivity index (χ3n) is 3.84. The number of fused-ring (bicyclic) bond motifs is 1. The van der Waals surface area contributed by atoms with Gasteiger partial charge in [-0.15, -0.1) is 0 Å². The average molecular weight is 334 g/mol. The molecule has 23 heavy (non-hydrogen) atoms. The van der Waals surface area contributed by atoms with Crippen LogP contribution in [0.3, 0.4) is 0 Å². The maximum absolute atomic E-state index is 12.6. The molecule has 0 aliphatic carbocycles. The highest BCUT2D eigenvalue weighted by Crippen LogP contribution is 2.30. The van der Waals surface area contributed by atoms with Crippen LogP contribution in [0.1, 0.15) is 35.7 Å². The van der Waals surface area contributed by atoms with Gasteiger partial charge >= 0.3 is 0 Å². The number of nitrogens with one attached hydrogen (secondary N) is 1. The normalized spacial score (nSPS) is 13.6. The van der Waals surface area contributed by atoms with Gasteiger partial charge in [-0.3, -0.25) is 0 Å². The van der Waals surface area contributed by atoms with E-state index in [-0.39, 0.29) is 10.7 Å². The van der Waals surface area contributed by atoms with Crippen molar-refractivity contribution in [1.29, 1.82) is 0 Å². The molecule has 0 spiro atoms. The Balaban J connectivity index is 1.97. The summed E-state index contributed by atoms with van der Waals surface area (Å²) in [6.45, 7) is 6.84. The average Bonchev–Trinajstić information content (AvgIpc) is 3.00. The van der Waals surface area contributed by atoms with Crippen molar-refractivity contribution in [2.24, 2.45) is 0 Å². The molecular formula is C16H18N2O4S. The molecule has 2 heterocycles. The van der Waals surface area contributed by atoms with E-state index in [1.807, 2.05) is 31.2 Å². The van der Waals surface area contributed by atoms with Gasteiger partial charge in [0.1, 0.15) is 21.9 Å². The van der Waals surface area contributed by atoms with Gasteiger partial charge in [0.2, 0.25) is 10.0 Å². The molecule has 3 aromatic rings. The number of aryl methyl sites for hydroxylation is 3. The first kappa shape index (κ1) is 15.8. The molecule has 2 aromatic heterocycles. The van der Waals surface area contributed by atoms with E-state index in [1.165, 1.54) is 0 Å². The van der Waals surface area contributed by atoms with Crippen molar-refractivity contribution >= 4 is 21.0 Å². The summed E-state index contributed by atoms with van der Waals surface area (Å²) in [7, 11) is -3.75. The highest BCUT2D eigenvalue weighted by molar-refractivity contribution is 7.89. The second kappa shape index (κ2) is 5.50. The van der Waals surface area contributed by atoms with Gasteiger partial charge < -0.3 is 8.94 Å². The molecule has 0 saturated heterocycles. The van der Waals surface area contributed by atoms with Crippen LogP contribution < -0.4 is 4.72 Å². The molecule has 3 rings (SSSR count). The fourth-order valence-corrected chi connectivity index (χ4v) is 4.34. The standard InChI is InChI=1S/C16H18N2O4S/c1-9-13-7-5-6-8-14(13)21-15(9)10(2)18-23(19,20)16-11(3)17-22-12(16)4/h5-8,10,18H,1-4H3/t10-/m1/s1. The zero-order valence-electron chi connectivity index (χ0n) is 13.4. The van der Waals surface area contributed by atoms with Gasteiger partial charge in [0, 0.05) is 10.9 Å². The van der Waals surface area contributed by atoms with E-state index in [0.29, 0.717) is 11.5 Å². The van der Waals surface area contributed by atoms with Crippen molar-refractivity contribution < 1.29 is 17.4 Å². The first-order valence-electron chi connectivity index (χ1n) is 7.24. The number of furan rings is 1. The zero-order chi connectivity index (χ0) is 16.8. The van der Waals surface area contributed by atoms with E-state index < -0.39 is 16.1 Å². The zero-order valence-corrected chi connectivity index (χ0v) is 14.2. The van der Waals surface area contributed by atoms with Crippen LogP contribution in [-0.4, -0.2) is 13.6 Å². The van der Waals surface area contributed by atoms with Crippen LogP contribution >= 0.6 is 0 Å². The molecule has 0 saturated carbocycles. The Hall–Kier alpha value is -2.12. The Kier molecular flexibility index (Phi) is 3.77. The lowest BCUT2D eigenvalue weighted by atomic mass is 10.1. The van der Waals surface area contributed by atoms with Gasteiger partial charge in [0.05, 0.1) is 6.04 Å². The van der Waals surface area contributed by atoms with Crippen LogP contribution in [0.25, 0.3) is 11.0 Å². The fourth-order valence-electron chi connectivity index (χ4n) is 2.81. The summed E-state index contributed by atoms with van der Waals surface area (Å²) >= 11 is 0. The molecule has 0 amide bonds. The van der Waals surface area contributed by atoms with Gasteiger partial charge in [0.15, 0.2) is 5.76 Å². The van der Waals surface area contributed by atoms with Gasteiger partial charge in [-0.1, -0.05) is 23.4 Å². The lowest BCUT2D eigenvalue weighted by Crippen LogP contribution is -2.27. The minimum absolute atomic E-state index is 0.0816. The molecule has 1 atom stereocenters. The molecule has 0 fully saturated rings. The van der Waals surface area contributed by atoms with Crippen molar-refractivity contribution in [2.75, 3.05) is 0 Å². The van der Waals surface area contributed by atoms with Crippen molar-refractivity contribution in [3.8, 4) is 0 Å². The van der Waals surface area contributed by atoms with Crippen LogP contribution in [0.2, 0.25) is 0 Å². The summed E-state index contributed by atoms with van der Waals surface area (Å²) in [5, 5.41) is 4.67. The largest absolute Gasteiger partial charge is 0.459 e. The Morgan fingerprint density at radius 2 is 1.87 bits per heavy atom. The van der Waals surface area contributed by atoms with Crippen LogP contribution in [-0.2, 0) is 10.0 Å². The van der Waals surface area contributed by atoms with Crippen LogP contribution in [0.15, 0.2) is 38.1 Å². The Morgan fingerprint density at radius 1 is 1.17 bits per heavy atom. The molecule has 1 aromatic carbocycles. The number of sulfonamides is 1. The molecule has 0 aliphatic rings. The topological polar surface area (TPSA) is 85.3 Å². The molecule has 0 radical (unpaired) electrons. The van der Waals surface area contributed by atoms with Gasteiger partial charge in [-0.25, -0.2) is 13.1 Å². The quantitative estimate of drug-likeness (QED) is 0.790. The summed E-state index contributed by atoms with van der Waals surface area (Å²) in [6, 6.07) is 7.11. The maximum atomic E-state index is 12.6. The summed E-state index contributed by atoms with van der Waals surface area (Å²) in [5.74, 6) is 0.866. The number of para-hydroxylation sites is 1. The minimum atomic E-state index is -3.75. The van der Waals surface area contributed by atoms with Crippen molar-refractivity contribution in [3.05, 3.63) is 47.0 Å². The number of rotatable bonds is 4. The number of hydrogen-bond donors (Lipinski definition) is 1. The predicted molar refractivity (Wildman–Crippen MR) is 85.7 cm³/mol. The third-order valence-corrected chi connectivity index (χ3v) is 5.63. The molecule has 1 N–H and O–H groups in total. The lowest BCUT2D eigenvalue weighted by molar-refractivity contribution is 0.390. The highest BCUT2D eigenvalue weighted by atomic mass is 32.2. The summed E-state index contributed by atoms with van der Waals surface area (Å²) in [6.07, 6.45) is 0. The predicted octanol–water partition coefficient (Wildman–Crippen LogP) is 3.39. The Morgan fingerprint density at radius 3 is 2.48 bits per heavy atom. The fraction of sp³-hybridized carbons (Fsp3) is 0.312. The number of benzene rings is 1. The highest BCUT2D eigenvalue weighted by Gasteiger charge is 2.28. The first-order chi connectivity index (χ1) is 10.8. The SMILES string of the molecule is Cc1noc(C)c1S(=O)(=O)N[C@H](C)c1oc2ccccc2c1C. The molecule has 0 unspecified atom stereocenters. The second-order valence-electron chi connectivity index (χ2n) is 5.58. The van der Waals surface area contributed by atoms with Crippen molar-refractivity contribution in [2.45, 2.75) is 38.6 Å². The van der Waals surface area contributed by atoms with Gasteiger partial charge in [0.25, 0.3) is 0 Å². The minimum Gasteiger partial charge on any atom is -0.459 e. The van der Waals surface area contributed by atoms with Crippen molar-refractivity contribution in [1.82, 2.24) is 9.88 Å². The van der Waals surface area contributed by atoms with Crippen LogP contribution in [0, 0.1) is 20.8 Å². The van der Waals surface area contributed by atoms with E-state index in [4.69, 9.17) is 8.94 Å². The van der Waals surface area contributed by atoms with E-state index in [2.05, 4.69) is 9.88 Å². The summed E-state index contributed by atoms with van der Waals surface area (Å²) in [4.78, 5) is 0.0816. The van der Waals surface area contributed by atoms with E-state index in [9.17, 15) is 8.42 Å². The molecule has 0 aliphatic heterocycles. The molecule has 7 heteroatoms. The van der Waals surface area contributed by atoms with Crippen LogP contribution in [0.5, 0.6) is 0 Å². The first-order valence-corrected chi connectivity index (χ1v) is 8.73. The van der Waals surface area contributed by atoms with Crippen LogP contribution in [0.4, 0.5) is 0 Å². The summed E-state index contributed by atoms with van der Waals surface area (Å²) in [5.41, 5.74) is 2.00. The van der Waals surface area contributed by atoms with Gasteiger partial charge in [-0.05, 0) is 33.8 Å². The Labute approximate surface area is 134 Å². The molecule has 122 valence electrons. The maximum Gasteiger partial charge on any atom is 0.246 e. The monoisotopic (exact) mass is 334 g/mol. The van der Waals surface area contributed by atoms with Gasteiger partial charge in [-0.2, -0.15) is 0 Å². The van der Waals surface area contributed by atoms with Crippen molar-refractivity contribution in [3.63, 3.8) is 0 Å². The summed E-state index contributed by atoms with van der Waals surface area (Å²) < 4.78 is 38.6. The van der Waals surface area contributed by atoms with E-state index in [1.54, 1.807) is 20.8 Å². The third kappa shape index (κ3) is 2.66. The lowest BCUT2D eigenvalue weighted by Gasteiger charge is -2.12. The molecular weight excluding hydrogens is 316 g/mol. The Bertz CT molecular complexity index is 950. The van der Waals surface area contributed by atoms with E-state index >= 15 is 0 Å². The molecule has 6 nitrogen and oxygen atoms in total. The second-order valence-corrected chi connectivity index (χ2v) is 7.23. The smallest absolute Gasteiger partial charge is 0.246 e. The molecule has 0 bridgehead atoms. The number of hydrogen-bond acceptors (Lipinski definition) is 5. The number of aromatic nitrogens is 1. The number of nitrogens with zero attached hydrogens (tertiary/aromatic N) is 1.